The molecule has 0 aliphatic rings. The summed E-state index contributed by atoms with van der Waals surface area (Å²) in [6.07, 6.45) is -4.43. The predicted octanol–water partition coefficient (Wildman–Crippen LogP) is 4.00. The van der Waals surface area contributed by atoms with Gasteiger partial charge in [0.15, 0.2) is 12.3 Å². The molecule has 0 fully saturated rings. The fourth-order valence-corrected chi connectivity index (χ4v) is 2.68. The van der Waals surface area contributed by atoms with E-state index >= 15 is 0 Å². The zero-order valence-electron chi connectivity index (χ0n) is 16.0. The highest BCUT2D eigenvalue weighted by Crippen LogP contribution is 2.30. The molecule has 11 heteroatoms. The van der Waals surface area contributed by atoms with Gasteiger partial charge < -0.3 is 9.26 Å². The summed E-state index contributed by atoms with van der Waals surface area (Å²) in [5.74, 6) is -0.670. The normalized spacial score (nSPS) is 11.5. The van der Waals surface area contributed by atoms with Crippen LogP contribution in [0.3, 0.4) is 0 Å². The van der Waals surface area contributed by atoms with Crippen molar-refractivity contribution in [3.63, 3.8) is 0 Å². The molecular weight excluding hydrogens is 415 g/mol. The molecule has 0 radical (unpaired) electrons. The molecular formula is C20H14F3N5O3. The molecule has 158 valence electrons. The first-order chi connectivity index (χ1) is 14.8. The number of halogens is 3. The Bertz CT molecular complexity index is 1200. The highest BCUT2D eigenvalue weighted by Gasteiger charge is 2.30. The second-order valence-corrected chi connectivity index (χ2v) is 6.42. The fourth-order valence-electron chi connectivity index (χ4n) is 2.68. The number of aromatic nitrogens is 5. The number of hydrogen-bond donors (Lipinski definition) is 0. The van der Waals surface area contributed by atoms with E-state index in [0.717, 1.165) is 12.1 Å². The predicted molar refractivity (Wildman–Crippen MR) is 100.0 cm³/mol. The number of hydrogen-bond acceptors (Lipinski definition) is 7. The van der Waals surface area contributed by atoms with Crippen molar-refractivity contribution in [3.05, 3.63) is 77.4 Å². The minimum Gasteiger partial charge on any atom is -0.451 e. The Morgan fingerprint density at radius 3 is 2.45 bits per heavy atom. The Labute approximate surface area is 173 Å². The average molecular weight is 429 g/mol. The largest absolute Gasteiger partial charge is 0.451 e. The minimum atomic E-state index is -4.43. The van der Waals surface area contributed by atoms with Gasteiger partial charge in [-0.3, -0.25) is 0 Å². The molecule has 0 unspecified atom stereocenters. The minimum absolute atomic E-state index is 0.0173. The summed E-state index contributed by atoms with van der Waals surface area (Å²) >= 11 is 0. The van der Waals surface area contributed by atoms with Gasteiger partial charge in [-0.25, -0.2) is 4.79 Å². The maximum atomic E-state index is 12.7. The molecule has 2 heterocycles. The molecule has 0 saturated heterocycles. The van der Waals surface area contributed by atoms with E-state index in [0.29, 0.717) is 16.9 Å². The Morgan fingerprint density at radius 1 is 1.06 bits per heavy atom. The number of alkyl halides is 3. The van der Waals surface area contributed by atoms with Gasteiger partial charge in [0.2, 0.25) is 5.82 Å². The lowest BCUT2D eigenvalue weighted by Crippen LogP contribution is -2.08. The number of rotatable bonds is 5. The molecule has 0 aliphatic heterocycles. The SMILES string of the molecule is Cc1nn(-c2ccccc2)nc1C(=O)OCc1nc(-c2ccc(C(F)(F)F)cc2)no1. The molecule has 0 aliphatic carbocycles. The topological polar surface area (TPSA) is 95.9 Å². The maximum absolute atomic E-state index is 12.7. The van der Waals surface area contributed by atoms with Crippen molar-refractivity contribution < 1.29 is 27.2 Å². The average Bonchev–Trinajstić information content (AvgIpc) is 3.39. The number of ether oxygens (including phenoxy) is 1. The Kier molecular flexibility index (Phi) is 5.24. The molecule has 0 spiro atoms. The van der Waals surface area contributed by atoms with Gasteiger partial charge in [0.25, 0.3) is 5.89 Å². The molecule has 4 rings (SSSR count). The summed E-state index contributed by atoms with van der Waals surface area (Å²) < 4.78 is 48.1. The molecule has 0 bridgehead atoms. The fraction of sp³-hybridized carbons (Fsp3) is 0.150. The Morgan fingerprint density at radius 2 is 1.77 bits per heavy atom. The van der Waals surface area contributed by atoms with Crippen molar-refractivity contribution in [3.8, 4) is 17.1 Å². The third-order valence-corrected chi connectivity index (χ3v) is 4.23. The van der Waals surface area contributed by atoms with Crippen molar-refractivity contribution in [1.29, 1.82) is 0 Å². The smallest absolute Gasteiger partial charge is 0.416 e. The van der Waals surface area contributed by atoms with Crippen LogP contribution in [-0.2, 0) is 17.5 Å². The Hall–Kier alpha value is -4.02. The first kappa shape index (κ1) is 20.3. The third kappa shape index (κ3) is 4.44. The van der Waals surface area contributed by atoms with E-state index in [2.05, 4.69) is 20.3 Å². The molecule has 0 atom stereocenters. The van der Waals surface area contributed by atoms with Gasteiger partial charge in [0, 0.05) is 5.56 Å². The van der Waals surface area contributed by atoms with E-state index in [1.165, 1.54) is 16.9 Å². The standard InChI is InChI=1S/C20H14F3N5O3/c1-12-17(26-28(25-12)15-5-3-2-4-6-15)19(29)30-11-16-24-18(27-31-16)13-7-9-14(10-8-13)20(21,22)23/h2-10H,11H2,1H3. The van der Waals surface area contributed by atoms with Crippen LogP contribution in [0.1, 0.15) is 27.6 Å². The van der Waals surface area contributed by atoms with Gasteiger partial charge >= 0.3 is 12.1 Å². The second kappa shape index (κ2) is 8.01. The lowest BCUT2D eigenvalue weighted by Gasteiger charge is -2.05. The first-order valence-electron chi connectivity index (χ1n) is 8.98. The van der Waals surface area contributed by atoms with Crippen LogP contribution in [0.15, 0.2) is 59.1 Å². The number of carbonyl (C=O) groups excluding carboxylic acids is 1. The van der Waals surface area contributed by atoms with Gasteiger partial charge in [-0.05, 0) is 31.2 Å². The number of para-hydroxylation sites is 1. The van der Waals surface area contributed by atoms with E-state index < -0.39 is 17.7 Å². The van der Waals surface area contributed by atoms with Crippen LogP contribution < -0.4 is 0 Å². The maximum Gasteiger partial charge on any atom is 0.416 e. The van der Waals surface area contributed by atoms with E-state index in [1.54, 1.807) is 19.1 Å². The number of nitrogens with zero attached hydrogens (tertiary/aromatic N) is 5. The summed E-state index contributed by atoms with van der Waals surface area (Å²) in [6, 6.07) is 13.4. The molecule has 8 nitrogen and oxygen atoms in total. The summed E-state index contributed by atoms with van der Waals surface area (Å²) in [6.45, 7) is 1.29. The summed E-state index contributed by atoms with van der Waals surface area (Å²) in [7, 11) is 0. The van der Waals surface area contributed by atoms with Crippen molar-refractivity contribution in [2.75, 3.05) is 0 Å². The number of carbonyl (C=O) groups is 1. The summed E-state index contributed by atoms with van der Waals surface area (Å²) in [5.41, 5.74) is 0.641. The highest BCUT2D eigenvalue weighted by molar-refractivity contribution is 5.88. The van der Waals surface area contributed by atoms with Crippen LogP contribution in [0.25, 0.3) is 17.1 Å². The monoisotopic (exact) mass is 429 g/mol. The lowest BCUT2D eigenvalue weighted by atomic mass is 10.1. The number of benzene rings is 2. The van der Waals surface area contributed by atoms with E-state index in [1.807, 2.05) is 18.2 Å². The van der Waals surface area contributed by atoms with Crippen LogP contribution >= 0.6 is 0 Å². The van der Waals surface area contributed by atoms with Gasteiger partial charge in [0.1, 0.15) is 0 Å². The molecule has 0 amide bonds. The van der Waals surface area contributed by atoms with Crippen LogP contribution in [0.4, 0.5) is 13.2 Å². The van der Waals surface area contributed by atoms with Crippen molar-refractivity contribution in [1.82, 2.24) is 25.1 Å². The molecule has 2 aromatic heterocycles. The quantitative estimate of drug-likeness (QED) is 0.443. The molecule has 0 saturated carbocycles. The third-order valence-electron chi connectivity index (χ3n) is 4.23. The highest BCUT2D eigenvalue weighted by atomic mass is 19.4. The molecule has 31 heavy (non-hydrogen) atoms. The van der Waals surface area contributed by atoms with Crippen LogP contribution in [0, 0.1) is 6.92 Å². The summed E-state index contributed by atoms with van der Waals surface area (Å²) in [5, 5.41) is 12.0. The zero-order chi connectivity index (χ0) is 22.0. The van der Waals surface area contributed by atoms with Gasteiger partial charge in [0.05, 0.1) is 16.9 Å². The van der Waals surface area contributed by atoms with Crippen LogP contribution in [-0.4, -0.2) is 31.1 Å². The van der Waals surface area contributed by atoms with Crippen LogP contribution in [0.2, 0.25) is 0 Å². The van der Waals surface area contributed by atoms with Crippen LogP contribution in [0.5, 0.6) is 0 Å². The second-order valence-electron chi connectivity index (χ2n) is 6.42. The molecule has 4 aromatic rings. The summed E-state index contributed by atoms with van der Waals surface area (Å²) in [4.78, 5) is 17.7. The molecule has 2 aromatic carbocycles. The van der Waals surface area contributed by atoms with E-state index in [9.17, 15) is 18.0 Å². The Balaban J connectivity index is 1.42. The first-order valence-corrected chi connectivity index (χ1v) is 8.98. The van der Waals surface area contributed by atoms with Gasteiger partial charge in [-0.2, -0.15) is 28.1 Å². The lowest BCUT2D eigenvalue weighted by molar-refractivity contribution is -0.137. The van der Waals surface area contributed by atoms with E-state index in [-0.39, 0.29) is 24.0 Å². The zero-order valence-corrected chi connectivity index (χ0v) is 16.0. The van der Waals surface area contributed by atoms with Crippen molar-refractivity contribution >= 4 is 5.97 Å². The number of esters is 1. The van der Waals surface area contributed by atoms with Crippen molar-refractivity contribution in [2.24, 2.45) is 0 Å². The van der Waals surface area contributed by atoms with Gasteiger partial charge in [-0.1, -0.05) is 35.5 Å². The van der Waals surface area contributed by atoms with E-state index in [4.69, 9.17) is 9.26 Å². The molecule has 0 N–H and O–H groups in total. The van der Waals surface area contributed by atoms with Crippen molar-refractivity contribution in [2.45, 2.75) is 19.7 Å². The number of aryl methyl sites for hydroxylation is 1. The van der Waals surface area contributed by atoms with Gasteiger partial charge in [-0.15, -0.1) is 5.10 Å².